The van der Waals surface area contributed by atoms with Crippen LogP contribution >= 0.6 is 0 Å². The minimum absolute atomic E-state index is 0.0831. The first-order valence-electron chi connectivity index (χ1n) is 5.84. The highest BCUT2D eigenvalue weighted by molar-refractivity contribution is 7.91. The van der Waals surface area contributed by atoms with E-state index in [1.54, 1.807) is 6.07 Å². The third kappa shape index (κ3) is 3.08. The van der Waals surface area contributed by atoms with Gasteiger partial charge in [-0.3, -0.25) is 0 Å². The molecule has 1 aliphatic rings. The van der Waals surface area contributed by atoms with E-state index >= 15 is 0 Å². The molecule has 1 aliphatic heterocycles. The van der Waals surface area contributed by atoms with Gasteiger partial charge in [-0.25, -0.2) is 24.2 Å². The molecule has 2 heterocycles. The molecule has 7 nitrogen and oxygen atoms in total. The first kappa shape index (κ1) is 13.0. The van der Waals surface area contributed by atoms with E-state index in [0.29, 0.717) is 30.3 Å². The molecule has 0 bridgehead atoms. The van der Waals surface area contributed by atoms with Crippen molar-refractivity contribution in [1.29, 1.82) is 0 Å². The van der Waals surface area contributed by atoms with Gasteiger partial charge in [0.25, 0.3) is 0 Å². The van der Waals surface area contributed by atoms with Crippen LogP contribution in [-0.2, 0) is 16.3 Å². The summed E-state index contributed by atoms with van der Waals surface area (Å²) in [6.07, 6.45) is 1.30. The highest BCUT2D eigenvalue weighted by Gasteiger charge is 2.28. The summed E-state index contributed by atoms with van der Waals surface area (Å²) >= 11 is 0. The molecule has 0 amide bonds. The molecule has 0 saturated carbocycles. The van der Waals surface area contributed by atoms with Gasteiger partial charge in [0.15, 0.2) is 9.84 Å². The first-order valence-corrected chi connectivity index (χ1v) is 7.66. The summed E-state index contributed by atoms with van der Waals surface area (Å²) < 4.78 is 22.7. The van der Waals surface area contributed by atoms with E-state index in [-0.39, 0.29) is 17.5 Å². The molecule has 100 valence electrons. The van der Waals surface area contributed by atoms with E-state index < -0.39 is 9.84 Å². The Kier molecular flexibility index (Phi) is 3.67. The molecular formula is C10H17N5O2S. The fourth-order valence-corrected chi connectivity index (χ4v) is 3.59. The molecule has 1 aromatic rings. The summed E-state index contributed by atoms with van der Waals surface area (Å²) in [6, 6.07) is 1.59. The van der Waals surface area contributed by atoms with Gasteiger partial charge in [0.2, 0.25) is 0 Å². The zero-order valence-corrected chi connectivity index (χ0v) is 11.0. The zero-order valence-electron chi connectivity index (χ0n) is 10.2. The van der Waals surface area contributed by atoms with Crippen molar-refractivity contribution in [2.45, 2.75) is 25.8 Å². The molecule has 1 saturated heterocycles. The molecule has 2 rings (SSSR count). The van der Waals surface area contributed by atoms with Gasteiger partial charge in [0.1, 0.15) is 17.5 Å². The van der Waals surface area contributed by atoms with Gasteiger partial charge in [0.05, 0.1) is 11.5 Å². The molecule has 0 spiro atoms. The first-order chi connectivity index (χ1) is 8.52. The fraction of sp³-hybridized carbons (Fsp3) is 0.600. The smallest absolute Gasteiger partial charge is 0.152 e. The average Bonchev–Trinajstić information content (AvgIpc) is 2.68. The van der Waals surface area contributed by atoms with E-state index in [1.165, 1.54) is 0 Å². The van der Waals surface area contributed by atoms with Crippen molar-refractivity contribution in [1.82, 2.24) is 9.97 Å². The van der Waals surface area contributed by atoms with Crippen molar-refractivity contribution in [3.05, 3.63) is 11.9 Å². The zero-order chi connectivity index (χ0) is 13.2. The number of nitrogens with one attached hydrogen (secondary N) is 2. The Balaban J connectivity index is 2.14. The van der Waals surface area contributed by atoms with Crippen molar-refractivity contribution in [3.63, 3.8) is 0 Å². The van der Waals surface area contributed by atoms with Crippen LogP contribution in [-0.4, -0.2) is 35.9 Å². The van der Waals surface area contributed by atoms with E-state index in [0.717, 1.165) is 0 Å². The summed E-state index contributed by atoms with van der Waals surface area (Å²) in [7, 11) is -2.89. The standard InChI is InChI=1S/C10H17N5O2S/c1-2-8-13-9(5-10(14-8)15-11)12-7-3-4-18(16,17)6-7/h5,7H,2-4,6,11H2,1H3,(H2,12,13,14,15). The van der Waals surface area contributed by atoms with Crippen LogP contribution in [0.2, 0.25) is 0 Å². The molecule has 4 N–H and O–H groups in total. The molecule has 1 atom stereocenters. The van der Waals surface area contributed by atoms with Crippen molar-refractivity contribution in [3.8, 4) is 0 Å². The number of sulfone groups is 1. The maximum Gasteiger partial charge on any atom is 0.152 e. The molecule has 0 radical (unpaired) electrons. The molecule has 1 aromatic heterocycles. The van der Waals surface area contributed by atoms with Crippen molar-refractivity contribution >= 4 is 21.5 Å². The van der Waals surface area contributed by atoms with E-state index in [2.05, 4.69) is 20.7 Å². The number of rotatable bonds is 4. The van der Waals surface area contributed by atoms with Gasteiger partial charge in [-0.05, 0) is 6.42 Å². The van der Waals surface area contributed by atoms with Gasteiger partial charge in [-0.15, -0.1) is 0 Å². The van der Waals surface area contributed by atoms with Crippen LogP contribution < -0.4 is 16.6 Å². The monoisotopic (exact) mass is 271 g/mol. The van der Waals surface area contributed by atoms with Crippen molar-refractivity contribution in [2.24, 2.45) is 5.84 Å². The van der Waals surface area contributed by atoms with Crippen LogP contribution in [0.5, 0.6) is 0 Å². The lowest BCUT2D eigenvalue weighted by molar-refractivity contribution is 0.602. The Morgan fingerprint density at radius 2 is 2.17 bits per heavy atom. The van der Waals surface area contributed by atoms with Crippen LogP contribution in [0.15, 0.2) is 6.07 Å². The molecule has 0 aliphatic carbocycles. The maximum absolute atomic E-state index is 11.4. The van der Waals surface area contributed by atoms with Crippen molar-refractivity contribution in [2.75, 3.05) is 22.2 Å². The molecule has 0 aromatic carbocycles. The van der Waals surface area contributed by atoms with Crippen LogP contribution in [0.4, 0.5) is 11.6 Å². The third-order valence-electron chi connectivity index (χ3n) is 2.82. The summed E-state index contributed by atoms with van der Waals surface area (Å²) in [5, 5.41) is 3.12. The van der Waals surface area contributed by atoms with Crippen molar-refractivity contribution < 1.29 is 8.42 Å². The SMILES string of the molecule is CCc1nc(NN)cc(NC2CCS(=O)(=O)C2)n1. The van der Waals surface area contributed by atoms with Gasteiger partial charge in [-0.2, -0.15) is 0 Å². The molecule has 8 heteroatoms. The highest BCUT2D eigenvalue weighted by Crippen LogP contribution is 2.18. The van der Waals surface area contributed by atoms with E-state index in [9.17, 15) is 8.42 Å². The third-order valence-corrected chi connectivity index (χ3v) is 4.59. The minimum atomic E-state index is -2.89. The second-order valence-corrected chi connectivity index (χ2v) is 6.53. The minimum Gasteiger partial charge on any atom is -0.366 e. The van der Waals surface area contributed by atoms with Crippen LogP contribution in [0.25, 0.3) is 0 Å². The fourth-order valence-electron chi connectivity index (χ4n) is 1.92. The predicted octanol–water partition coefficient (Wildman–Crippen LogP) is -0.0764. The number of nitrogens with two attached hydrogens (primary N) is 1. The lowest BCUT2D eigenvalue weighted by atomic mass is 10.2. The van der Waals surface area contributed by atoms with Crippen LogP contribution in [0, 0.1) is 0 Å². The summed E-state index contributed by atoms with van der Waals surface area (Å²) in [5.74, 6) is 7.51. The van der Waals surface area contributed by atoms with Crippen LogP contribution in [0.3, 0.4) is 0 Å². The number of nitrogen functional groups attached to an aromatic ring is 1. The Hall–Kier alpha value is -1.41. The maximum atomic E-state index is 11.4. The normalized spacial score (nSPS) is 21.8. The summed E-state index contributed by atoms with van der Waals surface area (Å²) in [4.78, 5) is 8.47. The van der Waals surface area contributed by atoms with Gasteiger partial charge in [-0.1, -0.05) is 6.92 Å². The molecule has 18 heavy (non-hydrogen) atoms. The number of aryl methyl sites for hydroxylation is 1. The molecule has 1 fully saturated rings. The predicted molar refractivity (Wildman–Crippen MR) is 69.9 cm³/mol. The van der Waals surface area contributed by atoms with Gasteiger partial charge in [0, 0.05) is 18.5 Å². The second kappa shape index (κ2) is 5.07. The molecule has 1 unspecified atom stereocenters. The van der Waals surface area contributed by atoms with Crippen LogP contribution in [0.1, 0.15) is 19.2 Å². The Morgan fingerprint density at radius 3 is 2.72 bits per heavy atom. The lowest BCUT2D eigenvalue weighted by Gasteiger charge is -2.13. The Morgan fingerprint density at radius 1 is 1.44 bits per heavy atom. The van der Waals surface area contributed by atoms with E-state index in [1.807, 2.05) is 6.92 Å². The lowest BCUT2D eigenvalue weighted by Crippen LogP contribution is -2.22. The second-order valence-electron chi connectivity index (χ2n) is 4.30. The average molecular weight is 271 g/mol. The highest BCUT2D eigenvalue weighted by atomic mass is 32.2. The topological polar surface area (TPSA) is 110 Å². The van der Waals surface area contributed by atoms with Gasteiger partial charge >= 0.3 is 0 Å². The van der Waals surface area contributed by atoms with Gasteiger partial charge < -0.3 is 10.7 Å². The largest absolute Gasteiger partial charge is 0.366 e. The quantitative estimate of drug-likeness (QED) is 0.519. The summed E-state index contributed by atoms with van der Waals surface area (Å²) in [5.41, 5.74) is 2.47. The number of anilines is 2. The Labute approximate surface area is 106 Å². The number of nitrogens with zero attached hydrogens (tertiary/aromatic N) is 2. The number of hydrazine groups is 1. The number of hydrogen-bond acceptors (Lipinski definition) is 7. The molecular weight excluding hydrogens is 254 g/mol. The Bertz CT molecular complexity index is 509. The summed E-state index contributed by atoms with van der Waals surface area (Å²) in [6.45, 7) is 1.94. The number of aromatic nitrogens is 2. The van der Waals surface area contributed by atoms with E-state index in [4.69, 9.17) is 5.84 Å². The number of hydrogen-bond donors (Lipinski definition) is 3.